The molecule has 2 aromatic rings. The molecule has 1 aliphatic carbocycles. The maximum Gasteiger partial charge on any atom is 0.256 e. The van der Waals surface area contributed by atoms with E-state index in [1.165, 1.54) is 10.4 Å². The molecule has 1 aromatic heterocycles. The number of aromatic hydroxyl groups is 1. The molecule has 1 aliphatic heterocycles. The van der Waals surface area contributed by atoms with Gasteiger partial charge in [0.15, 0.2) is 0 Å². The number of fused-ring (bicyclic) bond motifs is 3. The highest BCUT2D eigenvalue weighted by molar-refractivity contribution is 9.10. The number of anilines is 1. The Morgan fingerprint density at radius 3 is 2.96 bits per heavy atom. The van der Waals surface area contributed by atoms with Crippen molar-refractivity contribution in [2.45, 2.75) is 32.4 Å². The maximum atomic E-state index is 12.7. The minimum Gasteiger partial charge on any atom is -0.506 e. The van der Waals surface area contributed by atoms with Gasteiger partial charge in [-0.2, -0.15) is 0 Å². The van der Waals surface area contributed by atoms with Crippen LogP contribution in [0.15, 0.2) is 16.6 Å². The number of thiophene rings is 1. The number of rotatable bonds is 1. The molecular formula is C17H16BrClN2O2S. The topological polar surface area (TPSA) is 61.4 Å². The lowest BCUT2D eigenvalue weighted by Crippen LogP contribution is -2.38. The smallest absolute Gasteiger partial charge is 0.256 e. The Hall–Kier alpha value is -1.24. The first kappa shape index (κ1) is 16.2. The van der Waals surface area contributed by atoms with Crippen molar-refractivity contribution in [3.05, 3.63) is 43.2 Å². The Labute approximate surface area is 157 Å². The molecular weight excluding hydrogens is 412 g/mol. The Morgan fingerprint density at radius 2 is 2.17 bits per heavy atom. The molecule has 0 spiro atoms. The average molecular weight is 428 g/mol. The highest BCUT2D eigenvalue weighted by Gasteiger charge is 2.34. The van der Waals surface area contributed by atoms with Gasteiger partial charge < -0.3 is 15.7 Å². The second-order valence-electron chi connectivity index (χ2n) is 6.43. The molecule has 3 N–H and O–H groups in total. The van der Waals surface area contributed by atoms with E-state index in [4.69, 9.17) is 11.6 Å². The molecule has 1 amide bonds. The largest absolute Gasteiger partial charge is 0.506 e. The van der Waals surface area contributed by atoms with Gasteiger partial charge in [-0.05, 0) is 42.9 Å². The molecule has 2 atom stereocenters. The standard InChI is InChI=1S/C17H16BrClN2O2S/c1-7-2-3-9-12(4-7)24-17-13(9)16(23)20-15(21-17)10-5-8(18)6-11(19)14(10)22/h5-7,15,21-22H,2-4H2,1H3,(H,20,23). The summed E-state index contributed by atoms with van der Waals surface area (Å²) in [5.74, 6) is 0.553. The number of carbonyl (C=O) groups is 1. The van der Waals surface area contributed by atoms with Crippen LogP contribution in [0.2, 0.25) is 5.02 Å². The van der Waals surface area contributed by atoms with Gasteiger partial charge in [0.25, 0.3) is 5.91 Å². The summed E-state index contributed by atoms with van der Waals surface area (Å²) in [7, 11) is 0. The van der Waals surface area contributed by atoms with E-state index in [-0.39, 0.29) is 16.7 Å². The first-order chi connectivity index (χ1) is 11.4. The third-order valence-corrected chi connectivity index (χ3v) is 6.59. The third-order valence-electron chi connectivity index (χ3n) is 4.66. The number of carbonyl (C=O) groups excluding carboxylic acids is 1. The van der Waals surface area contributed by atoms with E-state index in [9.17, 15) is 9.90 Å². The lowest BCUT2D eigenvalue weighted by Gasteiger charge is -2.27. The summed E-state index contributed by atoms with van der Waals surface area (Å²) in [6, 6.07) is 3.39. The molecule has 0 saturated heterocycles. The summed E-state index contributed by atoms with van der Waals surface area (Å²) in [5, 5.41) is 17.7. The predicted octanol–water partition coefficient (Wildman–Crippen LogP) is 4.85. The van der Waals surface area contributed by atoms with Crippen LogP contribution in [-0.2, 0) is 12.8 Å². The minimum atomic E-state index is -0.502. The number of hydrogen-bond donors (Lipinski definition) is 3. The second kappa shape index (κ2) is 5.93. The van der Waals surface area contributed by atoms with Crippen LogP contribution in [-0.4, -0.2) is 11.0 Å². The van der Waals surface area contributed by atoms with Crippen LogP contribution in [0.1, 0.15) is 45.9 Å². The van der Waals surface area contributed by atoms with E-state index < -0.39 is 6.17 Å². The third kappa shape index (κ3) is 2.61. The van der Waals surface area contributed by atoms with Gasteiger partial charge in [0, 0.05) is 14.9 Å². The molecule has 4 nitrogen and oxygen atoms in total. The number of halogens is 2. The normalized spacial score (nSPS) is 22.4. The van der Waals surface area contributed by atoms with Gasteiger partial charge >= 0.3 is 0 Å². The van der Waals surface area contributed by atoms with Crippen molar-refractivity contribution in [1.29, 1.82) is 0 Å². The zero-order chi connectivity index (χ0) is 17.0. The van der Waals surface area contributed by atoms with Gasteiger partial charge in [-0.1, -0.05) is 34.5 Å². The average Bonchev–Trinajstić information content (AvgIpc) is 2.88. The molecule has 0 fully saturated rings. The van der Waals surface area contributed by atoms with E-state index in [1.54, 1.807) is 23.5 Å². The SMILES string of the molecule is CC1CCc2c(sc3c2C(=O)NC(c2cc(Br)cc(Cl)c2O)N3)C1. The Kier molecular flexibility index (Phi) is 4.01. The fourth-order valence-electron chi connectivity index (χ4n) is 3.42. The minimum absolute atomic E-state index is 0.0175. The highest BCUT2D eigenvalue weighted by Crippen LogP contribution is 2.44. The molecule has 0 bridgehead atoms. The Balaban J connectivity index is 1.74. The molecule has 2 heterocycles. The van der Waals surface area contributed by atoms with E-state index in [0.717, 1.165) is 34.3 Å². The van der Waals surface area contributed by atoms with Crippen LogP contribution < -0.4 is 10.6 Å². The van der Waals surface area contributed by atoms with Crippen molar-refractivity contribution >= 4 is 49.8 Å². The summed E-state index contributed by atoms with van der Waals surface area (Å²) >= 11 is 11.1. The maximum absolute atomic E-state index is 12.7. The summed E-state index contributed by atoms with van der Waals surface area (Å²) in [4.78, 5) is 14.0. The summed E-state index contributed by atoms with van der Waals surface area (Å²) in [5.41, 5.74) is 2.51. The molecule has 24 heavy (non-hydrogen) atoms. The van der Waals surface area contributed by atoms with Crippen LogP contribution in [0, 0.1) is 5.92 Å². The van der Waals surface area contributed by atoms with Crippen molar-refractivity contribution in [3.63, 3.8) is 0 Å². The fourth-order valence-corrected chi connectivity index (χ4v) is 5.69. The lowest BCUT2D eigenvalue weighted by molar-refractivity contribution is 0.0935. The monoisotopic (exact) mass is 426 g/mol. The highest BCUT2D eigenvalue weighted by atomic mass is 79.9. The zero-order valence-electron chi connectivity index (χ0n) is 13.0. The molecule has 0 saturated carbocycles. The van der Waals surface area contributed by atoms with Crippen molar-refractivity contribution in [1.82, 2.24) is 5.32 Å². The number of phenols is 1. The second-order valence-corrected chi connectivity index (χ2v) is 8.86. The van der Waals surface area contributed by atoms with Crippen LogP contribution in [0.5, 0.6) is 5.75 Å². The Morgan fingerprint density at radius 1 is 1.38 bits per heavy atom. The summed E-state index contributed by atoms with van der Waals surface area (Å²) in [6.45, 7) is 2.25. The van der Waals surface area contributed by atoms with Crippen molar-refractivity contribution < 1.29 is 9.90 Å². The fraction of sp³-hybridized carbons (Fsp3) is 0.353. The molecule has 2 unspecified atom stereocenters. The molecule has 2 aliphatic rings. The van der Waals surface area contributed by atoms with Crippen LogP contribution in [0.25, 0.3) is 0 Å². The van der Waals surface area contributed by atoms with Gasteiger partial charge in [-0.3, -0.25) is 4.79 Å². The van der Waals surface area contributed by atoms with Crippen LogP contribution in [0.4, 0.5) is 5.00 Å². The first-order valence-electron chi connectivity index (χ1n) is 7.84. The number of benzene rings is 1. The van der Waals surface area contributed by atoms with Gasteiger partial charge in [-0.25, -0.2) is 0 Å². The van der Waals surface area contributed by atoms with E-state index in [2.05, 4.69) is 33.5 Å². The van der Waals surface area contributed by atoms with Gasteiger partial charge in [0.1, 0.15) is 16.9 Å². The number of phenolic OH excluding ortho intramolecular Hbond substituents is 1. The zero-order valence-corrected chi connectivity index (χ0v) is 16.1. The van der Waals surface area contributed by atoms with Crippen molar-refractivity contribution in [2.24, 2.45) is 5.92 Å². The summed E-state index contributed by atoms with van der Waals surface area (Å²) < 4.78 is 0.751. The first-order valence-corrected chi connectivity index (χ1v) is 9.82. The summed E-state index contributed by atoms with van der Waals surface area (Å²) in [6.07, 6.45) is 2.60. The van der Waals surface area contributed by atoms with Gasteiger partial charge in [0.2, 0.25) is 0 Å². The number of amides is 1. The van der Waals surface area contributed by atoms with E-state index >= 15 is 0 Å². The van der Waals surface area contributed by atoms with E-state index in [0.29, 0.717) is 11.5 Å². The van der Waals surface area contributed by atoms with Gasteiger partial charge in [0.05, 0.1) is 10.6 Å². The Bertz CT molecular complexity index is 852. The molecule has 1 aromatic carbocycles. The van der Waals surface area contributed by atoms with Crippen molar-refractivity contribution in [2.75, 3.05) is 5.32 Å². The van der Waals surface area contributed by atoms with E-state index in [1.807, 2.05) is 0 Å². The molecule has 7 heteroatoms. The van der Waals surface area contributed by atoms with Crippen molar-refractivity contribution in [3.8, 4) is 5.75 Å². The molecule has 4 rings (SSSR count). The predicted molar refractivity (Wildman–Crippen MR) is 100 cm³/mol. The molecule has 0 radical (unpaired) electrons. The number of hydrogen-bond acceptors (Lipinski definition) is 4. The van der Waals surface area contributed by atoms with Gasteiger partial charge in [-0.15, -0.1) is 11.3 Å². The number of nitrogens with one attached hydrogen (secondary N) is 2. The van der Waals surface area contributed by atoms with Crippen LogP contribution >= 0.6 is 38.9 Å². The quantitative estimate of drug-likeness (QED) is 0.610. The lowest BCUT2D eigenvalue weighted by atomic mass is 9.88. The van der Waals surface area contributed by atoms with Crippen LogP contribution in [0.3, 0.4) is 0 Å². The molecule has 126 valence electrons.